The number of rotatable bonds is 4. The zero-order valence-corrected chi connectivity index (χ0v) is 11.5. The van der Waals surface area contributed by atoms with Crippen LogP contribution in [0.1, 0.15) is 62.7 Å². The van der Waals surface area contributed by atoms with Gasteiger partial charge in [0.2, 0.25) is 0 Å². The van der Waals surface area contributed by atoms with Crippen LogP contribution in [0.25, 0.3) is 0 Å². The van der Waals surface area contributed by atoms with E-state index in [1.807, 2.05) is 0 Å². The molecule has 0 heterocycles. The van der Waals surface area contributed by atoms with Crippen molar-refractivity contribution < 1.29 is 5.11 Å². The molecule has 1 nitrogen and oxygen atoms in total. The number of aliphatic hydroxyl groups is 1. The molecule has 2 fully saturated rings. The third kappa shape index (κ3) is 1.99. The van der Waals surface area contributed by atoms with Gasteiger partial charge in [0.15, 0.2) is 0 Å². The molecule has 2 aliphatic rings. The largest absolute Gasteiger partial charge is 0.388 e. The van der Waals surface area contributed by atoms with Gasteiger partial charge in [-0.1, -0.05) is 44.5 Å². The highest BCUT2D eigenvalue weighted by Gasteiger charge is 2.55. The molecular weight excluding hydrogens is 220 g/mol. The summed E-state index contributed by atoms with van der Waals surface area (Å²) in [5.74, 6) is 2.84. The fraction of sp³-hybridized carbons (Fsp3) is 0.647. The Morgan fingerprint density at radius 3 is 2.22 bits per heavy atom. The van der Waals surface area contributed by atoms with Crippen LogP contribution in [-0.2, 0) is 0 Å². The summed E-state index contributed by atoms with van der Waals surface area (Å²) in [4.78, 5) is 0. The predicted octanol–water partition coefficient (Wildman–Crippen LogP) is 4.28. The highest BCUT2D eigenvalue weighted by atomic mass is 16.3. The first-order chi connectivity index (χ1) is 8.72. The Morgan fingerprint density at radius 2 is 1.67 bits per heavy atom. The van der Waals surface area contributed by atoms with Crippen LogP contribution in [0.4, 0.5) is 0 Å². The maximum Gasteiger partial charge on any atom is 0.0823 e. The summed E-state index contributed by atoms with van der Waals surface area (Å²) < 4.78 is 0. The van der Waals surface area contributed by atoms with Crippen LogP contribution >= 0.6 is 0 Å². The Morgan fingerprint density at radius 1 is 1.11 bits per heavy atom. The van der Waals surface area contributed by atoms with Crippen molar-refractivity contribution in [3.8, 4) is 0 Å². The zero-order chi connectivity index (χ0) is 12.7. The van der Waals surface area contributed by atoms with E-state index in [1.165, 1.54) is 31.2 Å². The Bertz CT molecular complexity index is 398. The second kappa shape index (κ2) is 4.70. The highest BCUT2D eigenvalue weighted by molar-refractivity contribution is 5.28. The molecule has 1 aromatic carbocycles. The van der Waals surface area contributed by atoms with Gasteiger partial charge in [-0.15, -0.1) is 0 Å². The molecule has 18 heavy (non-hydrogen) atoms. The lowest BCUT2D eigenvalue weighted by atomic mass is 9.94. The Labute approximate surface area is 110 Å². The molecule has 0 bridgehead atoms. The van der Waals surface area contributed by atoms with Crippen molar-refractivity contribution in [1.82, 2.24) is 0 Å². The first-order valence-corrected chi connectivity index (χ1v) is 7.50. The molecule has 0 aromatic heterocycles. The molecular formula is C17H24O. The van der Waals surface area contributed by atoms with Crippen LogP contribution < -0.4 is 0 Å². The first kappa shape index (κ1) is 12.2. The van der Waals surface area contributed by atoms with E-state index in [4.69, 9.17) is 0 Å². The lowest BCUT2D eigenvalue weighted by molar-refractivity contribution is 0.137. The molecule has 1 aromatic rings. The van der Waals surface area contributed by atoms with Crippen LogP contribution in [0.15, 0.2) is 24.3 Å². The average molecular weight is 244 g/mol. The first-order valence-electron chi connectivity index (χ1n) is 7.50. The van der Waals surface area contributed by atoms with E-state index >= 15 is 0 Å². The molecule has 1 N–H and O–H groups in total. The lowest BCUT2D eigenvalue weighted by Gasteiger charge is -2.15. The fourth-order valence-electron chi connectivity index (χ4n) is 3.82. The Kier molecular flexibility index (Phi) is 3.19. The van der Waals surface area contributed by atoms with E-state index in [2.05, 4.69) is 38.1 Å². The van der Waals surface area contributed by atoms with Crippen LogP contribution in [0.3, 0.4) is 0 Å². The summed E-state index contributed by atoms with van der Waals surface area (Å²) >= 11 is 0. The summed E-state index contributed by atoms with van der Waals surface area (Å²) in [5.41, 5.74) is 2.52. The summed E-state index contributed by atoms with van der Waals surface area (Å²) in [7, 11) is 0. The molecule has 1 heteroatoms. The van der Waals surface area contributed by atoms with Crippen molar-refractivity contribution in [2.45, 2.75) is 51.6 Å². The molecule has 4 unspecified atom stereocenters. The van der Waals surface area contributed by atoms with Crippen molar-refractivity contribution >= 4 is 0 Å². The third-order valence-corrected chi connectivity index (χ3v) is 5.30. The minimum Gasteiger partial charge on any atom is -0.388 e. The molecule has 0 radical (unpaired) electrons. The second-order valence-corrected chi connectivity index (χ2v) is 6.26. The number of benzene rings is 1. The van der Waals surface area contributed by atoms with E-state index in [9.17, 15) is 5.11 Å². The zero-order valence-electron chi connectivity index (χ0n) is 11.5. The quantitative estimate of drug-likeness (QED) is 0.838. The number of hydrogen-bond acceptors (Lipinski definition) is 1. The molecule has 0 spiro atoms. The Hall–Kier alpha value is -0.820. The highest BCUT2D eigenvalue weighted by Crippen LogP contribution is 2.62. The van der Waals surface area contributed by atoms with Crippen LogP contribution in [-0.4, -0.2) is 5.11 Å². The summed E-state index contributed by atoms with van der Waals surface area (Å²) in [6.07, 6.45) is 5.03. The normalized spacial score (nSPS) is 32.9. The van der Waals surface area contributed by atoms with Crippen LogP contribution in [0, 0.1) is 17.8 Å². The molecule has 2 aliphatic carbocycles. The van der Waals surface area contributed by atoms with Gasteiger partial charge in [-0.3, -0.25) is 0 Å². The van der Waals surface area contributed by atoms with Gasteiger partial charge in [0, 0.05) is 0 Å². The number of aliphatic hydroxyl groups excluding tert-OH is 1. The smallest absolute Gasteiger partial charge is 0.0823 e. The number of hydrogen-bond donors (Lipinski definition) is 1. The minimum absolute atomic E-state index is 0.216. The molecule has 0 aliphatic heterocycles. The van der Waals surface area contributed by atoms with E-state index in [1.54, 1.807) is 0 Å². The van der Waals surface area contributed by atoms with Crippen molar-refractivity contribution in [1.29, 1.82) is 0 Å². The third-order valence-electron chi connectivity index (χ3n) is 5.30. The topological polar surface area (TPSA) is 20.2 Å². The van der Waals surface area contributed by atoms with Crippen molar-refractivity contribution in [2.75, 3.05) is 0 Å². The van der Waals surface area contributed by atoms with Gasteiger partial charge in [-0.05, 0) is 54.1 Å². The second-order valence-electron chi connectivity index (χ2n) is 6.26. The Balaban J connectivity index is 1.69. The van der Waals surface area contributed by atoms with E-state index in [0.717, 1.165) is 17.4 Å². The van der Waals surface area contributed by atoms with Crippen LogP contribution in [0.5, 0.6) is 0 Å². The molecule has 0 amide bonds. The standard InChI is InChI=1S/C17H24O/c1-3-11(2)12-7-9-13(10-8-12)17(18)16-14-5-4-6-15(14)16/h7-11,14-18H,3-6H2,1-2H3. The van der Waals surface area contributed by atoms with Crippen molar-refractivity contribution in [2.24, 2.45) is 17.8 Å². The van der Waals surface area contributed by atoms with Gasteiger partial charge in [0.05, 0.1) is 6.10 Å². The maximum absolute atomic E-state index is 10.5. The number of fused-ring (bicyclic) bond motifs is 1. The molecule has 2 saturated carbocycles. The van der Waals surface area contributed by atoms with E-state index in [0.29, 0.717) is 11.8 Å². The van der Waals surface area contributed by atoms with E-state index in [-0.39, 0.29) is 6.10 Å². The summed E-state index contributed by atoms with van der Waals surface area (Å²) in [6.45, 7) is 4.48. The van der Waals surface area contributed by atoms with Gasteiger partial charge in [-0.2, -0.15) is 0 Å². The van der Waals surface area contributed by atoms with Crippen LogP contribution in [0.2, 0.25) is 0 Å². The fourth-order valence-corrected chi connectivity index (χ4v) is 3.82. The van der Waals surface area contributed by atoms with Gasteiger partial charge < -0.3 is 5.11 Å². The van der Waals surface area contributed by atoms with Crippen molar-refractivity contribution in [3.05, 3.63) is 35.4 Å². The monoisotopic (exact) mass is 244 g/mol. The molecule has 0 saturated heterocycles. The predicted molar refractivity (Wildman–Crippen MR) is 74.4 cm³/mol. The minimum atomic E-state index is -0.216. The van der Waals surface area contributed by atoms with Crippen molar-refractivity contribution in [3.63, 3.8) is 0 Å². The molecule has 3 rings (SSSR count). The van der Waals surface area contributed by atoms with Gasteiger partial charge in [0.1, 0.15) is 0 Å². The van der Waals surface area contributed by atoms with Gasteiger partial charge >= 0.3 is 0 Å². The average Bonchev–Trinajstić information content (AvgIpc) is 2.89. The molecule has 98 valence electrons. The summed E-state index contributed by atoms with van der Waals surface area (Å²) in [5, 5.41) is 10.5. The molecule has 4 atom stereocenters. The SMILES string of the molecule is CCC(C)c1ccc(C(O)C2C3CCCC32)cc1. The van der Waals surface area contributed by atoms with Gasteiger partial charge in [-0.25, -0.2) is 0 Å². The van der Waals surface area contributed by atoms with E-state index < -0.39 is 0 Å². The maximum atomic E-state index is 10.5. The summed E-state index contributed by atoms with van der Waals surface area (Å²) in [6, 6.07) is 8.68. The van der Waals surface area contributed by atoms with Gasteiger partial charge in [0.25, 0.3) is 0 Å². The lowest BCUT2D eigenvalue weighted by Crippen LogP contribution is -2.04.